The molecule has 0 radical (unpaired) electrons. The van der Waals surface area contributed by atoms with E-state index in [9.17, 15) is 9.90 Å². The summed E-state index contributed by atoms with van der Waals surface area (Å²) in [5, 5.41) is 19.0. The minimum absolute atomic E-state index is 0.104. The van der Waals surface area contributed by atoms with Crippen LogP contribution in [-0.2, 0) is 6.54 Å². The molecular weight excluding hydrogens is 230 g/mol. The van der Waals surface area contributed by atoms with Crippen molar-refractivity contribution in [1.82, 2.24) is 4.57 Å². The second-order valence-corrected chi connectivity index (χ2v) is 4.54. The van der Waals surface area contributed by atoms with E-state index in [0.29, 0.717) is 18.5 Å². The van der Waals surface area contributed by atoms with Crippen molar-refractivity contribution in [1.29, 1.82) is 0 Å². The maximum absolute atomic E-state index is 11.3. The number of aromatic carboxylic acids is 1. The molecule has 0 saturated heterocycles. The summed E-state index contributed by atoms with van der Waals surface area (Å²) >= 11 is 0. The third kappa shape index (κ3) is 1.99. The molecule has 0 aliphatic heterocycles. The van der Waals surface area contributed by atoms with Gasteiger partial charge in [-0.05, 0) is 31.4 Å². The molecule has 0 aliphatic rings. The van der Waals surface area contributed by atoms with E-state index in [-0.39, 0.29) is 6.61 Å². The van der Waals surface area contributed by atoms with Crippen LogP contribution < -0.4 is 0 Å². The molecule has 1 aromatic heterocycles. The zero-order valence-electron chi connectivity index (χ0n) is 10.6. The lowest BCUT2D eigenvalue weighted by molar-refractivity contribution is 0.0698. The highest BCUT2D eigenvalue weighted by Gasteiger charge is 2.17. The molecule has 0 saturated carbocycles. The molecule has 0 spiro atoms. The van der Waals surface area contributed by atoms with Gasteiger partial charge in [-0.25, -0.2) is 4.79 Å². The molecule has 4 nitrogen and oxygen atoms in total. The van der Waals surface area contributed by atoms with Crippen molar-refractivity contribution in [3.05, 3.63) is 35.0 Å². The van der Waals surface area contributed by atoms with Gasteiger partial charge >= 0.3 is 5.97 Å². The van der Waals surface area contributed by atoms with Gasteiger partial charge in [0, 0.05) is 24.7 Å². The number of benzene rings is 1. The van der Waals surface area contributed by atoms with Crippen LogP contribution in [0.2, 0.25) is 0 Å². The molecule has 0 unspecified atom stereocenters. The van der Waals surface area contributed by atoms with Gasteiger partial charge in [-0.2, -0.15) is 0 Å². The van der Waals surface area contributed by atoms with Crippen molar-refractivity contribution in [3.8, 4) is 0 Å². The molecule has 2 aromatic rings. The number of rotatable bonds is 4. The van der Waals surface area contributed by atoms with Crippen LogP contribution in [0.3, 0.4) is 0 Å². The first-order valence-electron chi connectivity index (χ1n) is 5.99. The number of aromatic nitrogens is 1. The number of nitrogens with zero attached hydrogens (tertiary/aromatic N) is 1. The topological polar surface area (TPSA) is 62.5 Å². The van der Waals surface area contributed by atoms with Crippen LogP contribution in [0.1, 0.15) is 27.9 Å². The van der Waals surface area contributed by atoms with E-state index in [0.717, 1.165) is 22.0 Å². The first kappa shape index (κ1) is 12.6. The Morgan fingerprint density at radius 3 is 2.56 bits per heavy atom. The lowest BCUT2D eigenvalue weighted by atomic mass is 10.0. The standard InChI is InChI=1S/C14H17NO3/c1-9-4-5-10(2)13-12(9)11(14(17)18)8-15(13)6-3-7-16/h4-5,8,16H,3,6-7H2,1-2H3,(H,17,18). The Morgan fingerprint density at radius 1 is 1.28 bits per heavy atom. The maximum Gasteiger partial charge on any atom is 0.337 e. The second kappa shape index (κ2) is 4.82. The molecule has 0 aliphatic carbocycles. The summed E-state index contributed by atoms with van der Waals surface area (Å²) in [6.45, 7) is 4.63. The van der Waals surface area contributed by atoms with Crippen molar-refractivity contribution in [2.45, 2.75) is 26.8 Å². The van der Waals surface area contributed by atoms with Crippen LogP contribution in [0, 0.1) is 13.8 Å². The summed E-state index contributed by atoms with van der Waals surface area (Å²) in [4.78, 5) is 11.3. The Bertz CT molecular complexity index is 599. The van der Waals surface area contributed by atoms with Crippen molar-refractivity contribution in [2.75, 3.05) is 6.61 Å². The molecule has 0 bridgehead atoms. The fourth-order valence-corrected chi connectivity index (χ4v) is 2.37. The molecule has 2 rings (SSSR count). The third-order valence-electron chi connectivity index (χ3n) is 3.22. The molecule has 0 atom stereocenters. The summed E-state index contributed by atoms with van der Waals surface area (Å²) in [6, 6.07) is 3.94. The number of aliphatic hydroxyl groups excluding tert-OH is 1. The Hall–Kier alpha value is -1.81. The third-order valence-corrected chi connectivity index (χ3v) is 3.22. The number of aryl methyl sites for hydroxylation is 3. The summed E-state index contributed by atoms with van der Waals surface area (Å²) in [5.41, 5.74) is 3.32. The summed E-state index contributed by atoms with van der Waals surface area (Å²) in [7, 11) is 0. The molecule has 0 amide bonds. The van der Waals surface area contributed by atoms with Crippen LogP contribution in [0.5, 0.6) is 0 Å². The first-order valence-corrected chi connectivity index (χ1v) is 5.99. The molecule has 18 heavy (non-hydrogen) atoms. The number of hydrogen-bond donors (Lipinski definition) is 2. The van der Waals surface area contributed by atoms with E-state index in [1.165, 1.54) is 0 Å². The highest BCUT2D eigenvalue weighted by molar-refractivity contribution is 6.05. The SMILES string of the molecule is Cc1ccc(C)c2c1c(C(=O)O)cn2CCCO. The predicted octanol–water partition coefficient (Wildman–Crippen LogP) is 2.34. The maximum atomic E-state index is 11.3. The van der Waals surface area contributed by atoms with Crippen molar-refractivity contribution >= 4 is 16.9 Å². The molecule has 1 heterocycles. The lowest BCUT2D eigenvalue weighted by Gasteiger charge is -2.07. The summed E-state index contributed by atoms with van der Waals surface area (Å²) in [6.07, 6.45) is 2.29. The predicted molar refractivity (Wildman–Crippen MR) is 70.1 cm³/mol. The zero-order chi connectivity index (χ0) is 13.3. The van der Waals surface area contributed by atoms with Crippen molar-refractivity contribution < 1.29 is 15.0 Å². The minimum atomic E-state index is -0.906. The monoisotopic (exact) mass is 247 g/mol. The van der Waals surface area contributed by atoms with Gasteiger partial charge in [0.1, 0.15) is 0 Å². The number of aliphatic hydroxyl groups is 1. The van der Waals surface area contributed by atoms with Crippen LogP contribution in [-0.4, -0.2) is 27.4 Å². The number of carbonyl (C=O) groups is 1. The average molecular weight is 247 g/mol. The molecular formula is C14H17NO3. The molecule has 0 fully saturated rings. The Balaban J connectivity index is 2.72. The molecule has 2 N–H and O–H groups in total. The van der Waals surface area contributed by atoms with Gasteiger partial charge in [0.25, 0.3) is 0 Å². The van der Waals surface area contributed by atoms with Gasteiger partial charge in [-0.15, -0.1) is 0 Å². The van der Waals surface area contributed by atoms with Gasteiger partial charge in [0.2, 0.25) is 0 Å². The van der Waals surface area contributed by atoms with Gasteiger partial charge < -0.3 is 14.8 Å². The fraction of sp³-hybridized carbons (Fsp3) is 0.357. The normalized spacial score (nSPS) is 11.1. The highest BCUT2D eigenvalue weighted by Crippen LogP contribution is 2.28. The van der Waals surface area contributed by atoms with Crippen molar-refractivity contribution in [3.63, 3.8) is 0 Å². The number of carboxylic acid groups (broad SMARTS) is 1. The summed E-state index contributed by atoms with van der Waals surface area (Å²) in [5.74, 6) is -0.906. The van der Waals surface area contributed by atoms with E-state index in [4.69, 9.17) is 5.11 Å². The first-order chi connectivity index (χ1) is 8.56. The molecule has 96 valence electrons. The second-order valence-electron chi connectivity index (χ2n) is 4.54. The van der Waals surface area contributed by atoms with Crippen LogP contribution in [0.25, 0.3) is 10.9 Å². The van der Waals surface area contributed by atoms with Crippen LogP contribution in [0.4, 0.5) is 0 Å². The minimum Gasteiger partial charge on any atom is -0.478 e. The van der Waals surface area contributed by atoms with Crippen LogP contribution >= 0.6 is 0 Å². The summed E-state index contributed by atoms with van der Waals surface area (Å²) < 4.78 is 1.93. The van der Waals surface area contributed by atoms with Gasteiger partial charge in [0.15, 0.2) is 0 Å². The van der Waals surface area contributed by atoms with Crippen LogP contribution in [0.15, 0.2) is 18.3 Å². The molecule has 4 heteroatoms. The number of carboxylic acids is 1. The average Bonchev–Trinajstić information content (AvgIpc) is 2.72. The van der Waals surface area contributed by atoms with Gasteiger partial charge in [-0.3, -0.25) is 0 Å². The highest BCUT2D eigenvalue weighted by atomic mass is 16.4. The Labute approximate surface area is 105 Å². The number of hydrogen-bond acceptors (Lipinski definition) is 2. The number of fused-ring (bicyclic) bond motifs is 1. The van der Waals surface area contributed by atoms with Crippen molar-refractivity contribution in [2.24, 2.45) is 0 Å². The van der Waals surface area contributed by atoms with E-state index < -0.39 is 5.97 Å². The van der Waals surface area contributed by atoms with E-state index in [2.05, 4.69) is 0 Å². The van der Waals surface area contributed by atoms with E-state index in [1.807, 2.05) is 30.5 Å². The quantitative estimate of drug-likeness (QED) is 0.871. The van der Waals surface area contributed by atoms with E-state index >= 15 is 0 Å². The largest absolute Gasteiger partial charge is 0.478 e. The Kier molecular flexibility index (Phi) is 3.39. The zero-order valence-corrected chi connectivity index (χ0v) is 10.6. The fourth-order valence-electron chi connectivity index (χ4n) is 2.37. The Morgan fingerprint density at radius 2 is 1.94 bits per heavy atom. The van der Waals surface area contributed by atoms with E-state index in [1.54, 1.807) is 6.20 Å². The van der Waals surface area contributed by atoms with Gasteiger partial charge in [-0.1, -0.05) is 12.1 Å². The lowest BCUT2D eigenvalue weighted by Crippen LogP contribution is -2.00. The smallest absolute Gasteiger partial charge is 0.337 e. The van der Waals surface area contributed by atoms with Gasteiger partial charge in [0.05, 0.1) is 11.1 Å². The molecule has 1 aromatic carbocycles.